The molecule has 5 nitrogen and oxygen atoms in total. The van der Waals surface area contributed by atoms with E-state index in [1.807, 2.05) is 11.9 Å². The molecule has 0 bridgehead atoms. The Hall–Kier alpha value is -1.30. The molecule has 0 aliphatic rings. The largest absolute Gasteiger partial charge is 0.491 e. The molecule has 17 heavy (non-hydrogen) atoms. The third-order valence-electron chi connectivity index (χ3n) is 2.30. The first-order valence-corrected chi connectivity index (χ1v) is 5.57. The fraction of sp³-hybridized carbons (Fsp3) is 0.500. The van der Waals surface area contributed by atoms with Gasteiger partial charge in [-0.1, -0.05) is 6.07 Å². The molecule has 4 N–H and O–H groups in total. The van der Waals surface area contributed by atoms with Crippen LogP contribution >= 0.6 is 0 Å². The molecule has 0 radical (unpaired) electrons. The highest BCUT2D eigenvalue weighted by Crippen LogP contribution is 2.14. The number of hydrogen-bond donors (Lipinski definition) is 3. The third kappa shape index (κ3) is 5.53. The highest BCUT2D eigenvalue weighted by atomic mass is 16.5. The lowest BCUT2D eigenvalue weighted by atomic mass is 10.3. The van der Waals surface area contributed by atoms with Crippen LogP contribution < -0.4 is 10.5 Å². The van der Waals surface area contributed by atoms with E-state index in [-0.39, 0.29) is 13.2 Å². The van der Waals surface area contributed by atoms with Crippen molar-refractivity contribution >= 4 is 5.69 Å². The number of aliphatic hydroxyl groups excluding tert-OH is 2. The predicted octanol–water partition coefficient (Wildman–Crippen LogP) is -0.0674. The Morgan fingerprint density at radius 1 is 1.47 bits per heavy atom. The van der Waals surface area contributed by atoms with Crippen LogP contribution in [0.5, 0.6) is 5.75 Å². The van der Waals surface area contributed by atoms with Crippen LogP contribution in [0.2, 0.25) is 0 Å². The Morgan fingerprint density at radius 2 is 2.24 bits per heavy atom. The van der Waals surface area contributed by atoms with E-state index in [1.54, 1.807) is 24.3 Å². The zero-order valence-corrected chi connectivity index (χ0v) is 10.0. The van der Waals surface area contributed by atoms with Gasteiger partial charge in [0.2, 0.25) is 0 Å². The molecule has 0 amide bonds. The summed E-state index contributed by atoms with van der Waals surface area (Å²) in [6.07, 6.45) is -0.590. The highest BCUT2D eigenvalue weighted by molar-refractivity contribution is 5.43. The first-order chi connectivity index (χ1) is 8.11. The second-order valence-electron chi connectivity index (χ2n) is 4.02. The van der Waals surface area contributed by atoms with Crippen molar-refractivity contribution in [1.29, 1.82) is 0 Å². The molecule has 0 aromatic heterocycles. The van der Waals surface area contributed by atoms with Crippen molar-refractivity contribution in [1.82, 2.24) is 4.90 Å². The van der Waals surface area contributed by atoms with Crippen LogP contribution in [0.4, 0.5) is 5.69 Å². The molecule has 0 saturated carbocycles. The van der Waals surface area contributed by atoms with E-state index in [9.17, 15) is 5.11 Å². The number of anilines is 1. The molecule has 96 valence electrons. The average molecular weight is 240 g/mol. The van der Waals surface area contributed by atoms with Crippen LogP contribution in [-0.2, 0) is 0 Å². The number of likely N-dealkylation sites (N-methyl/N-ethyl adjacent to an activating group) is 1. The Labute approximate surface area is 101 Å². The van der Waals surface area contributed by atoms with Crippen molar-refractivity contribution in [2.75, 3.05) is 39.1 Å². The minimum Gasteiger partial charge on any atom is -0.491 e. The molecule has 1 aromatic rings. The maximum Gasteiger partial charge on any atom is 0.121 e. The maximum absolute atomic E-state index is 9.70. The lowest BCUT2D eigenvalue weighted by Crippen LogP contribution is -2.34. The quantitative estimate of drug-likeness (QED) is 0.582. The van der Waals surface area contributed by atoms with E-state index in [0.29, 0.717) is 24.5 Å². The van der Waals surface area contributed by atoms with Gasteiger partial charge < -0.3 is 25.6 Å². The fourth-order valence-corrected chi connectivity index (χ4v) is 1.47. The molecule has 1 atom stereocenters. The van der Waals surface area contributed by atoms with Crippen molar-refractivity contribution in [3.63, 3.8) is 0 Å². The van der Waals surface area contributed by atoms with E-state index in [0.717, 1.165) is 0 Å². The van der Waals surface area contributed by atoms with Crippen molar-refractivity contribution in [3.8, 4) is 5.75 Å². The minimum atomic E-state index is -0.590. The molecule has 0 spiro atoms. The molecule has 0 saturated heterocycles. The second kappa shape index (κ2) is 7.11. The molecule has 0 heterocycles. The number of benzene rings is 1. The van der Waals surface area contributed by atoms with Gasteiger partial charge in [-0.3, -0.25) is 0 Å². The summed E-state index contributed by atoms with van der Waals surface area (Å²) in [4.78, 5) is 1.84. The summed E-state index contributed by atoms with van der Waals surface area (Å²) >= 11 is 0. The van der Waals surface area contributed by atoms with Crippen LogP contribution in [0.25, 0.3) is 0 Å². The zero-order valence-electron chi connectivity index (χ0n) is 10.0. The summed E-state index contributed by atoms with van der Waals surface area (Å²) in [5.74, 6) is 0.647. The van der Waals surface area contributed by atoms with Crippen LogP contribution in [0.15, 0.2) is 24.3 Å². The SMILES string of the molecule is CN(CCO)CC(O)COc1cccc(N)c1. The number of hydrogen-bond acceptors (Lipinski definition) is 5. The molecule has 1 rings (SSSR count). The van der Waals surface area contributed by atoms with Gasteiger partial charge in [0.15, 0.2) is 0 Å². The van der Waals surface area contributed by atoms with Gasteiger partial charge in [0.05, 0.1) is 6.61 Å². The highest BCUT2D eigenvalue weighted by Gasteiger charge is 2.08. The Kier molecular flexibility index (Phi) is 5.76. The van der Waals surface area contributed by atoms with Crippen molar-refractivity contribution in [2.24, 2.45) is 0 Å². The van der Waals surface area contributed by atoms with Gasteiger partial charge in [-0.15, -0.1) is 0 Å². The van der Waals surface area contributed by atoms with Gasteiger partial charge in [-0.25, -0.2) is 0 Å². The molecular formula is C12H20N2O3. The topological polar surface area (TPSA) is 79.0 Å². The first kappa shape index (κ1) is 13.8. The number of rotatable bonds is 7. The summed E-state index contributed by atoms with van der Waals surface area (Å²) in [6.45, 7) is 1.29. The number of ether oxygens (including phenoxy) is 1. The molecule has 1 unspecified atom stereocenters. The van der Waals surface area contributed by atoms with E-state index in [2.05, 4.69) is 0 Å². The van der Waals surface area contributed by atoms with Crippen molar-refractivity contribution < 1.29 is 14.9 Å². The Morgan fingerprint density at radius 3 is 2.88 bits per heavy atom. The van der Waals surface area contributed by atoms with Crippen molar-refractivity contribution in [2.45, 2.75) is 6.10 Å². The van der Waals surface area contributed by atoms with E-state index >= 15 is 0 Å². The van der Waals surface area contributed by atoms with E-state index in [4.69, 9.17) is 15.6 Å². The fourth-order valence-electron chi connectivity index (χ4n) is 1.47. The monoisotopic (exact) mass is 240 g/mol. The number of aliphatic hydroxyl groups is 2. The van der Waals surface area contributed by atoms with Crippen molar-refractivity contribution in [3.05, 3.63) is 24.3 Å². The molecule has 0 aliphatic carbocycles. The molecule has 5 heteroatoms. The van der Waals surface area contributed by atoms with Crippen LogP contribution in [0.3, 0.4) is 0 Å². The predicted molar refractivity (Wildman–Crippen MR) is 66.9 cm³/mol. The smallest absolute Gasteiger partial charge is 0.121 e. The number of nitrogens with zero attached hydrogens (tertiary/aromatic N) is 1. The van der Waals surface area contributed by atoms with Gasteiger partial charge in [-0.2, -0.15) is 0 Å². The zero-order chi connectivity index (χ0) is 12.7. The summed E-state index contributed by atoms with van der Waals surface area (Å²) in [6, 6.07) is 7.08. The molecule has 0 fully saturated rings. The maximum atomic E-state index is 9.70. The van der Waals surface area contributed by atoms with Gasteiger partial charge in [0, 0.05) is 24.8 Å². The van der Waals surface area contributed by atoms with Gasteiger partial charge in [0.1, 0.15) is 18.5 Å². The molecule has 1 aromatic carbocycles. The van der Waals surface area contributed by atoms with Crippen LogP contribution in [0.1, 0.15) is 0 Å². The third-order valence-corrected chi connectivity index (χ3v) is 2.30. The standard InChI is InChI=1S/C12H20N2O3/c1-14(5-6-15)8-11(16)9-17-12-4-2-3-10(13)7-12/h2-4,7,11,15-16H,5-6,8-9,13H2,1H3. The summed E-state index contributed by atoms with van der Waals surface area (Å²) in [7, 11) is 1.83. The van der Waals surface area contributed by atoms with Gasteiger partial charge in [0.25, 0.3) is 0 Å². The van der Waals surface area contributed by atoms with Crippen LogP contribution in [-0.4, -0.2) is 54.6 Å². The first-order valence-electron chi connectivity index (χ1n) is 5.57. The Bertz CT molecular complexity index is 333. The molecule has 0 aliphatic heterocycles. The second-order valence-corrected chi connectivity index (χ2v) is 4.02. The summed E-state index contributed by atoms with van der Waals surface area (Å²) < 4.78 is 5.41. The van der Waals surface area contributed by atoms with Gasteiger partial charge >= 0.3 is 0 Å². The molecular weight excluding hydrogens is 220 g/mol. The summed E-state index contributed by atoms with van der Waals surface area (Å²) in [5, 5.41) is 18.4. The minimum absolute atomic E-state index is 0.0826. The average Bonchev–Trinajstić information content (AvgIpc) is 2.27. The normalized spacial score (nSPS) is 12.7. The lowest BCUT2D eigenvalue weighted by molar-refractivity contribution is 0.0711. The lowest BCUT2D eigenvalue weighted by Gasteiger charge is -2.19. The number of nitrogen functional groups attached to an aromatic ring is 1. The van der Waals surface area contributed by atoms with E-state index < -0.39 is 6.10 Å². The van der Waals surface area contributed by atoms with Crippen LogP contribution in [0, 0.1) is 0 Å². The van der Waals surface area contributed by atoms with Gasteiger partial charge in [-0.05, 0) is 19.2 Å². The number of nitrogens with two attached hydrogens (primary N) is 1. The Balaban J connectivity index is 2.30. The summed E-state index contributed by atoms with van der Waals surface area (Å²) in [5.41, 5.74) is 6.24. The van der Waals surface area contributed by atoms with E-state index in [1.165, 1.54) is 0 Å².